The van der Waals surface area contributed by atoms with Crippen molar-refractivity contribution < 1.29 is 28.8 Å². The fourth-order valence-corrected chi connectivity index (χ4v) is 6.23. The summed E-state index contributed by atoms with van der Waals surface area (Å²) in [7, 11) is 1.64. The summed E-state index contributed by atoms with van der Waals surface area (Å²) in [4.78, 5) is 22.1. The summed E-state index contributed by atoms with van der Waals surface area (Å²) in [5.74, 6) is 2.05. The molecule has 1 amide bonds. The van der Waals surface area contributed by atoms with E-state index in [2.05, 4.69) is 22.0 Å². The number of pyridine rings is 1. The largest absolute Gasteiger partial charge is 0.493 e. The van der Waals surface area contributed by atoms with Gasteiger partial charge in [0, 0.05) is 30.6 Å². The van der Waals surface area contributed by atoms with Gasteiger partial charge in [-0.3, -0.25) is 4.79 Å². The van der Waals surface area contributed by atoms with Crippen LogP contribution in [-0.2, 0) is 14.3 Å². The Morgan fingerprint density at radius 3 is 2.45 bits per heavy atom. The molecule has 2 aromatic rings. The molecule has 6 rings (SSSR count). The van der Waals surface area contributed by atoms with Crippen molar-refractivity contribution in [3.63, 3.8) is 0 Å². The average molecular weight is 552 g/mol. The first-order chi connectivity index (χ1) is 19.1. The zero-order valence-electron chi connectivity index (χ0n) is 24.1. The summed E-state index contributed by atoms with van der Waals surface area (Å²) in [6.07, 6.45) is 3.31. The zero-order valence-corrected chi connectivity index (χ0v) is 24.1. The molecule has 4 aliphatic rings. The number of hydrogen-bond donors (Lipinski definition) is 1. The summed E-state index contributed by atoms with van der Waals surface area (Å²) in [6, 6.07) is 10.3. The minimum atomic E-state index is -0.775. The lowest BCUT2D eigenvalue weighted by Crippen LogP contribution is -2.54. The van der Waals surface area contributed by atoms with Gasteiger partial charge in [-0.25, -0.2) is 4.98 Å². The number of carbonyl (C=O) groups is 1. The molecular weight excluding hydrogens is 510 g/mol. The maximum absolute atomic E-state index is 13.4. The molecule has 1 unspecified atom stereocenters. The Hall–Kier alpha value is -2.88. The number of aliphatic hydroxyl groups is 1. The Morgan fingerprint density at radius 1 is 1.10 bits per heavy atom. The van der Waals surface area contributed by atoms with Crippen LogP contribution in [0.3, 0.4) is 0 Å². The number of carbonyl (C=O) groups excluding carboxylic acids is 1. The lowest BCUT2D eigenvalue weighted by molar-refractivity contribution is -0.159. The third-order valence-electron chi connectivity index (χ3n) is 9.16. The first-order valence-corrected chi connectivity index (χ1v) is 14.4. The zero-order chi connectivity index (χ0) is 28.2. The lowest BCUT2D eigenvalue weighted by Gasteiger charge is -2.40. The van der Waals surface area contributed by atoms with Crippen molar-refractivity contribution in [1.29, 1.82) is 0 Å². The Bertz CT molecular complexity index is 1240. The van der Waals surface area contributed by atoms with Gasteiger partial charge < -0.3 is 33.9 Å². The van der Waals surface area contributed by atoms with E-state index in [0.29, 0.717) is 30.5 Å². The molecule has 9 heteroatoms. The molecule has 4 fully saturated rings. The van der Waals surface area contributed by atoms with E-state index in [0.717, 1.165) is 24.5 Å². The van der Waals surface area contributed by atoms with Gasteiger partial charge in [-0.2, -0.15) is 0 Å². The van der Waals surface area contributed by atoms with Crippen LogP contribution in [0, 0.1) is 5.41 Å². The predicted octanol–water partition coefficient (Wildman–Crippen LogP) is 3.70. The Morgan fingerprint density at radius 2 is 1.85 bits per heavy atom. The number of rotatable bonds is 8. The summed E-state index contributed by atoms with van der Waals surface area (Å²) in [6.45, 7) is 10.1. The van der Waals surface area contributed by atoms with E-state index in [1.807, 2.05) is 50.1 Å². The van der Waals surface area contributed by atoms with Gasteiger partial charge in [0.1, 0.15) is 11.9 Å². The minimum Gasteiger partial charge on any atom is -0.493 e. The van der Waals surface area contributed by atoms with Crippen LogP contribution in [-0.4, -0.2) is 84.9 Å². The minimum absolute atomic E-state index is 0.0155. The Balaban J connectivity index is 1.15. The molecule has 1 aromatic carbocycles. The highest BCUT2D eigenvalue weighted by molar-refractivity contribution is 5.82. The molecular formula is C31H41N3O6. The number of aliphatic hydroxyl groups excluding tert-OH is 1. The van der Waals surface area contributed by atoms with Crippen LogP contribution in [0.25, 0.3) is 0 Å². The second-order valence-electron chi connectivity index (χ2n) is 12.5. The third-order valence-corrected chi connectivity index (χ3v) is 9.16. The van der Waals surface area contributed by atoms with Gasteiger partial charge in [0.15, 0.2) is 23.4 Å². The summed E-state index contributed by atoms with van der Waals surface area (Å²) >= 11 is 0. The molecule has 4 atom stereocenters. The molecule has 0 spiro atoms. The topological polar surface area (TPSA) is 93.6 Å². The number of anilines is 1. The molecule has 0 radical (unpaired) electrons. The predicted molar refractivity (Wildman–Crippen MR) is 150 cm³/mol. The highest BCUT2D eigenvalue weighted by Crippen LogP contribution is 2.47. The van der Waals surface area contributed by atoms with Crippen molar-refractivity contribution >= 4 is 11.7 Å². The first kappa shape index (κ1) is 27.3. The van der Waals surface area contributed by atoms with Gasteiger partial charge in [0.2, 0.25) is 0 Å². The smallest absolute Gasteiger partial charge is 0.254 e. The maximum Gasteiger partial charge on any atom is 0.254 e. The van der Waals surface area contributed by atoms with E-state index in [1.165, 1.54) is 18.4 Å². The summed E-state index contributed by atoms with van der Waals surface area (Å²) < 4.78 is 23.5. The highest BCUT2D eigenvalue weighted by atomic mass is 16.7. The standard InChI is InChI=1S/C31H41N3O6/c1-19(35)31(4)18-34(29(36)27-17-38-30(2,3)40-27)16-24(31)21-8-10-25(37-5)26(12-21)39-23-14-33(15-23)28-11-9-22(13-32-28)20-6-7-20/h8-13,19-20,23-24,27,35H,6-7,14-18H2,1-5H3/t19-,24+,27?,31+/m1/s1. The Kier molecular flexibility index (Phi) is 6.95. The number of hydrogen-bond acceptors (Lipinski definition) is 8. The van der Waals surface area contributed by atoms with Gasteiger partial charge in [-0.05, 0) is 68.9 Å². The van der Waals surface area contributed by atoms with Crippen LogP contribution in [0.2, 0.25) is 0 Å². The van der Waals surface area contributed by atoms with Crippen molar-refractivity contribution in [2.45, 2.75) is 76.5 Å². The number of aromatic nitrogens is 1. The van der Waals surface area contributed by atoms with Crippen molar-refractivity contribution in [2.24, 2.45) is 5.41 Å². The number of nitrogens with zero attached hydrogens (tertiary/aromatic N) is 3. The average Bonchev–Trinajstić information content (AvgIpc) is 3.60. The van der Waals surface area contributed by atoms with Crippen LogP contribution >= 0.6 is 0 Å². The number of benzene rings is 1. The second kappa shape index (κ2) is 10.2. The fourth-order valence-electron chi connectivity index (χ4n) is 6.23. The van der Waals surface area contributed by atoms with Crippen LogP contribution in [0.15, 0.2) is 36.5 Å². The number of methoxy groups -OCH3 is 1. The van der Waals surface area contributed by atoms with E-state index in [1.54, 1.807) is 14.0 Å². The SMILES string of the molecule is COc1ccc([C@@H]2CN(C(=O)C3COC(C)(C)O3)C[C@@]2(C)[C@@H](C)O)cc1OC1CN(c2ccc(C3CC3)cn2)C1. The first-order valence-electron chi connectivity index (χ1n) is 14.4. The fraction of sp³-hybridized carbons (Fsp3) is 0.613. The van der Waals surface area contributed by atoms with Crippen molar-refractivity contribution in [1.82, 2.24) is 9.88 Å². The number of amides is 1. The molecule has 3 saturated heterocycles. The number of ether oxygens (including phenoxy) is 4. The van der Waals surface area contributed by atoms with Crippen LogP contribution in [0.4, 0.5) is 5.82 Å². The number of likely N-dealkylation sites (tertiary alicyclic amines) is 1. The monoisotopic (exact) mass is 551 g/mol. The Labute approximate surface area is 236 Å². The maximum atomic E-state index is 13.4. The van der Waals surface area contributed by atoms with Crippen LogP contribution < -0.4 is 14.4 Å². The van der Waals surface area contributed by atoms with Gasteiger partial charge >= 0.3 is 0 Å². The molecule has 0 bridgehead atoms. The van der Waals surface area contributed by atoms with Crippen LogP contribution in [0.5, 0.6) is 11.5 Å². The van der Waals surface area contributed by atoms with E-state index in [9.17, 15) is 9.90 Å². The molecule has 3 aliphatic heterocycles. The quantitative estimate of drug-likeness (QED) is 0.531. The van der Waals surface area contributed by atoms with Crippen LogP contribution in [0.1, 0.15) is 63.5 Å². The van der Waals surface area contributed by atoms with E-state index >= 15 is 0 Å². The van der Waals surface area contributed by atoms with E-state index in [4.69, 9.17) is 18.9 Å². The highest BCUT2D eigenvalue weighted by Gasteiger charge is 2.50. The molecule has 9 nitrogen and oxygen atoms in total. The molecule has 1 saturated carbocycles. The molecule has 216 valence electrons. The molecule has 1 N–H and O–H groups in total. The second-order valence-corrected chi connectivity index (χ2v) is 12.5. The van der Waals surface area contributed by atoms with Gasteiger partial charge in [0.25, 0.3) is 5.91 Å². The normalized spacial score (nSPS) is 28.9. The van der Waals surface area contributed by atoms with Gasteiger partial charge in [0.05, 0.1) is 32.9 Å². The molecule has 4 heterocycles. The summed E-state index contributed by atoms with van der Waals surface area (Å²) in [5, 5.41) is 10.9. The molecule has 40 heavy (non-hydrogen) atoms. The molecule has 1 aromatic heterocycles. The van der Waals surface area contributed by atoms with Crippen molar-refractivity contribution in [2.75, 3.05) is 44.8 Å². The van der Waals surface area contributed by atoms with E-state index in [-0.39, 0.29) is 24.5 Å². The van der Waals surface area contributed by atoms with Crippen molar-refractivity contribution in [3.8, 4) is 11.5 Å². The summed E-state index contributed by atoms with van der Waals surface area (Å²) in [5.41, 5.74) is 1.80. The lowest BCUT2D eigenvalue weighted by atomic mass is 9.72. The van der Waals surface area contributed by atoms with E-state index < -0.39 is 23.4 Å². The van der Waals surface area contributed by atoms with Gasteiger partial charge in [-0.15, -0.1) is 0 Å². The third kappa shape index (κ3) is 5.15. The van der Waals surface area contributed by atoms with Gasteiger partial charge in [-0.1, -0.05) is 19.1 Å². The molecule has 1 aliphatic carbocycles. The van der Waals surface area contributed by atoms with Crippen molar-refractivity contribution in [3.05, 3.63) is 47.7 Å².